The Balaban J connectivity index is 2.05. The molecule has 0 unspecified atom stereocenters. The molecule has 0 fully saturated rings. The molecule has 0 N–H and O–H groups in total. The number of ether oxygens (including phenoxy) is 1. The second kappa shape index (κ2) is 6.54. The Morgan fingerprint density at radius 2 is 2.09 bits per heavy atom. The van der Waals surface area contributed by atoms with Crippen LogP contribution in [0.3, 0.4) is 0 Å². The quantitative estimate of drug-likeness (QED) is 0.674. The first-order chi connectivity index (χ1) is 11.2. The van der Waals surface area contributed by atoms with Crippen LogP contribution in [-0.4, -0.2) is 19.9 Å². The number of allylic oxidation sites excluding steroid dienone is 1. The maximum absolute atomic E-state index is 6.03. The third-order valence-electron chi connectivity index (χ3n) is 3.16. The smallest absolute Gasteiger partial charge is 0.183 e. The van der Waals surface area contributed by atoms with E-state index in [4.69, 9.17) is 16.3 Å². The molecule has 23 heavy (non-hydrogen) atoms. The van der Waals surface area contributed by atoms with Crippen LogP contribution in [0.25, 0.3) is 23.0 Å². The lowest BCUT2D eigenvalue weighted by Gasteiger charge is -2.12. The zero-order chi connectivity index (χ0) is 16.2. The van der Waals surface area contributed by atoms with E-state index in [0.717, 1.165) is 11.3 Å². The Morgan fingerprint density at radius 1 is 1.22 bits per heavy atom. The summed E-state index contributed by atoms with van der Waals surface area (Å²) >= 11 is 5.85. The van der Waals surface area contributed by atoms with Gasteiger partial charge in [-0.25, -0.2) is 15.0 Å². The highest BCUT2D eigenvalue weighted by Crippen LogP contribution is 2.27. The molecule has 0 aliphatic rings. The summed E-state index contributed by atoms with van der Waals surface area (Å²) in [7, 11) is 0. The Kier molecular flexibility index (Phi) is 4.30. The molecule has 114 valence electrons. The lowest BCUT2D eigenvalue weighted by atomic mass is 10.1. The molecule has 0 aromatic carbocycles. The molecule has 0 saturated heterocycles. The summed E-state index contributed by atoms with van der Waals surface area (Å²) in [5, 5.41) is 0.287. The van der Waals surface area contributed by atoms with E-state index < -0.39 is 0 Å². The van der Waals surface area contributed by atoms with Crippen LogP contribution in [0.15, 0.2) is 49.4 Å². The number of aromatic nitrogens is 4. The van der Waals surface area contributed by atoms with Crippen molar-refractivity contribution in [1.29, 1.82) is 0 Å². The molecule has 3 aromatic rings. The molecule has 0 atom stereocenters. The largest absolute Gasteiger partial charge is 0.455 e. The molecule has 0 aliphatic carbocycles. The summed E-state index contributed by atoms with van der Waals surface area (Å²) in [6.07, 6.45) is 8.33. The molecule has 5 nitrogen and oxygen atoms in total. The molecular formula is C17H13ClN4O. The second-order valence-electron chi connectivity index (χ2n) is 4.57. The van der Waals surface area contributed by atoms with Gasteiger partial charge in [0.15, 0.2) is 16.9 Å². The van der Waals surface area contributed by atoms with Gasteiger partial charge in [-0.15, -0.1) is 0 Å². The van der Waals surface area contributed by atoms with Crippen LogP contribution in [0.2, 0.25) is 5.15 Å². The van der Waals surface area contributed by atoms with Gasteiger partial charge in [-0.05, 0) is 31.2 Å². The molecule has 0 aliphatic heterocycles. The number of halogens is 1. The SMILES string of the molecule is C=Cc1ncccc1/C(=C\C)Oc1ccnc2nc(Cl)cnc12. The van der Waals surface area contributed by atoms with Crippen molar-refractivity contribution in [3.8, 4) is 5.75 Å². The van der Waals surface area contributed by atoms with Crippen molar-refractivity contribution in [2.75, 3.05) is 0 Å². The van der Waals surface area contributed by atoms with Crippen LogP contribution in [0.4, 0.5) is 0 Å². The van der Waals surface area contributed by atoms with E-state index in [1.54, 1.807) is 24.5 Å². The van der Waals surface area contributed by atoms with Crippen molar-refractivity contribution in [2.24, 2.45) is 0 Å². The first-order valence-corrected chi connectivity index (χ1v) is 7.30. The molecule has 3 aromatic heterocycles. The Morgan fingerprint density at radius 3 is 2.87 bits per heavy atom. The summed E-state index contributed by atoms with van der Waals surface area (Å²) in [6, 6.07) is 5.50. The molecule has 0 bridgehead atoms. The molecule has 0 radical (unpaired) electrons. The van der Waals surface area contributed by atoms with E-state index in [-0.39, 0.29) is 5.15 Å². The minimum absolute atomic E-state index is 0.287. The summed E-state index contributed by atoms with van der Waals surface area (Å²) in [6.45, 7) is 5.67. The zero-order valence-electron chi connectivity index (χ0n) is 12.4. The van der Waals surface area contributed by atoms with Gasteiger partial charge in [0.2, 0.25) is 0 Å². The Hall–Kier alpha value is -2.79. The van der Waals surface area contributed by atoms with Gasteiger partial charge in [-0.2, -0.15) is 0 Å². The highest BCUT2D eigenvalue weighted by molar-refractivity contribution is 6.29. The fourth-order valence-electron chi connectivity index (χ4n) is 2.14. The number of hydrogen-bond donors (Lipinski definition) is 0. The second-order valence-corrected chi connectivity index (χ2v) is 4.96. The third-order valence-corrected chi connectivity index (χ3v) is 3.34. The van der Waals surface area contributed by atoms with Crippen LogP contribution in [0.5, 0.6) is 5.75 Å². The normalized spacial score (nSPS) is 11.5. The highest BCUT2D eigenvalue weighted by atomic mass is 35.5. The Bertz CT molecular complexity index is 908. The van der Waals surface area contributed by atoms with Crippen LogP contribution in [-0.2, 0) is 0 Å². The minimum atomic E-state index is 0.287. The van der Waals surface area contributed by atoms with Crippen molar-refractivity contribution in [1.82, 2.24) is 19.9 Å². The van der Waals surface area contributed by atoms with E-state index in [9.17, 15) is 0 Å². The van der Waals surface area contributed by atoms with Crippen LogP contribution in [0, 0.1) is 0 Å². The van der Waals surface area contributed by atoms with E-state index in [0.29, 0.717) is 22.7 Å². The fraction of sp³-hybridized carbons (Fsp3) is 0.0588. The summed E-state index contributed by atoms with van der Waals surface area (Å²) < 4.78 is 6.03. The maximum atomic E-state index is 6.03. The van der Waals surface area contributed by atoms with Crippen molar-refractivity contribution in [3.05, 3.63) is 65.9 Å². The van der Waals surface area contributed by atoms with Crippen molar-refractivity contribution in [3.63, 3.8) is 0 Å². The molecule has 3 heterocycles. The van der Waals surface area contributed by atoms with Gasteiger partial charge in [0.1, 0.15) is 10.9 Å². The average Bonchev–Trinajstić information content (AvgIpc) is 2.59. The van der Waals surface area contributed by atoms with Crippen molar-refractivity contribution in [2.45, 2.75) is 6.92 Å². The summed E-state index contributed by atoms with van der Waals surface area (Å²) in [5.41, 5.74) is 2.56. The maximum Gasteiger partial charge on any atom is 0.183 e. The molecule has 0 spiro atoms. The topological polar surface area (TPSA) is 60.8 Å². The fourth-order valence-corrected chi connectivity index (χ4v) is 2.26. The summed E-state index contributed by atoms with van der Waals surface area (Å²) in [5.74, 6) is 1.20. The van der Waals surface area contributed by atoms with Gasteiger partial charge in [0, 0.05) is 24.0 Å². The Labute approximate surface area is 138 Å². The number of fused-ring (bicyclic) bond motifs is 1. The molecule has 3 rings (SSSR count). The highest BCUT2D eigenvalue weighted by Gasteiger charge is 2.12. The zero-order valence-corrected chi connectivity index (χ0v) is 13.2. The minimum Gasteiger partial charge on any atom is -0.455 e. The van der Waals surface area contributed by atoms with Crippen molar-refractivity contribution < 1.29 is 4.74 Å². The van der Waals surface area contributed by atoms with Gasteiger partial charge >= 0.3 is 0 Å². The van der Waals surface area contributed by atoms with Gasteiger partial charge in [0.05, 0.1) is 11.9 Å². The first-order valence-electron chi connectivity index (χ1n) is 6.92. The lowest BCUT2D eigenvalue weighted by Crippen LogP contribution is -2.00. The first kappa shape index (κ1) is 15.1. The van der Waals surface area contributed by atoms with Gasteiger partial charge in [-0.3, -0.25) is 4.98 Å². The van der Waals surface area contributed by atoms with E-state index in [1.807, 2.05) is 25.1 Å². The van der Waals surface area contributed by atoms with E-state index in [1.165, 1.54) is 6.20 Å². The third kappa shape index (κ3) is 3.05. The predicted molar refractivity (Wildman–Crippen MR) is 91.0 cm³/mol. The molecular weight excluding hydrogens is 312 g/mol. The van der Waals surface area contributed by atoms with Gasteiger partial charge < -0.3 is 4.74 Å². The molecule has 6 heteroatoms. The monoisotopic (exact) mass is 324 g/mol. The standard InChI is InChI=1S/C17H13ClN4O/c1-3-12-11(6-5-8-19-12)13(4-2)23-14-7-9-20-17-16(14)21-10-15(18)22-17/h3-10H,1H2,2H3/b13-4+. The van der Waals surface area contributed by atoms with E-state index in [2.05, 4.69) is 26.5 Å². The lowest BCUT2D eigenvalue weighted by molar-refractivity contribution is 0.517. The van der Waals surface area contributed by atoms with Crippen molar-refractivity contribution >= 4 is 34.6 Å². The number of hydrogen-bond acceptors (Lipinski definition) is 5. The van der Waals surface area contributed by atoms with Gasteiger partial charge in [-0.1, -0.05) is 18.2 Å². The van der Waals surface area contributed by atoms with Crippen LogP contribution in [0.1, 0.15) is 18.2 Å². The predicted octanol–water partition coefficient (Wildman–Crippen LogP) is 4.16. The van der Waals surface area contributed by atoms with Crippen LogP contribution < -0.4 is 4.74 Å². The number of nitrogens with zero attached hydrogens (tertiary/aromatic N) is 4. The molecule has 0 saturated carbocycles. The van der Waals surface area contributed by atoms with Crippen LogP contribution >= 0.6 is 11.6 Å². The van der Waals surface area contributed by atoms with E-state index >= 15 is 0 Å². The molecule has 0 amide bonds. The summed E-state index contributed by atoms with van der Waals surface area (Å²) in [4.78, 5) is 16.8. The van der Waals surface area contributed by atoms with Gasteiger partial charge in [0.25, 0.3) is 0 Å². The number of rotatable bonds is 4. The average molecular weight is 325 g/mol. The number of pyridine rings is 2.